The van der Waals surface area contributed by atoms with Gasteiger partial charge in [-0.2, -0.15) is 0 Å². The minimum atomic E-state index is -0.824. The highest BCUT2D eigenvalue weighted by molar-refractivity contribution is 6.34. The number of nitro groups is 1. The first-order valence-corrected chi connectivity index (χ1v) is 9.66. The van der Waals surface area contributed by atoms with Crippen LogP contribution in [0.5, 0.6) is 0 Å². The molecule has 29 heavy (non-hydrogen) atoms. The van der Waals surface area contributed by atoms with Gasteiger partial charge in [0.1, 0.15) is 6.04 Å². The van der Waals surface area contributed by atoms with Crippen molar-refractivity contribution in [2.45, 2.75) is 32.9 Å². The first-order chi connectivity index (χ1) is 13.6. The van der Waals surface area contributed by atoms with Gasteiger partial charge in [-0.3, -0.25) is 19.7 Å². The number of nitrogens with one attached hydrogen (secondary N) is 2. The fourth-order valence-corrected chi connectivity index (χ4v) is 3.18. The Morgan fingerprint density at radius 3 is 2.28 bits per heavy atom. The quantitative estimate of drug-likeness (QED) is 0.490. The fraction of sp³-hybridized carbons (Fsp3) is 0.300. The molecule has 0 aliphatic carbocycles. The van der Waals surface area contributed by atoms with Crippen LogP contribution in [-0.4, -0.2) is 22.8 Å². The van der Waals surface area contributed by atoms with Gasteiger partial charge in [0.15, 0.2) is 0 Å². The summed E-state index contributed by atoms with van der Waals surface area (Å²) in [4.78, 5) is 35.6. The highest BCUT2D eigenvalue weighted by Gasteiger charge is 2.27. The van der Waals surface area contributed by atoms with Crippen molar-refractivity contribution in [2.75, 3.05) is 0 Å². The number of hydrogen-bond acceptors (Lipinski definition) is 4. The average Bonchev–Trinajstić information content (AvgIpc) is 2.65. The van der Waals surface area contributed by atoms with Gasteiger partial charge in [-0.05, 0) is 36.6 Å². The minimum absolute atomic E-state index is 0.0543. The van der Waals surface area contributed by atoms with E-state index in [0.29, 0.717) is 5.02 Å². The Bertz CT molecular complexity index is 934. The third kappa shape index (κ3) is 5.92. The van der Waals surface area contributed by atoms with Crippen molar-refractivity contribution in [3.8, 4) is 0 Å². The van der Waals surface area contributed by atoms with E-state index >= 15 is 0 Å². The molecular formula is C20H21Cl2N3O4. The smallest absolute Gasteiger partial charge is 0.270 e. The summed E-state index contributed by atoms with van der Waals surface area (Å²) in [5.74, 6) is -1.16. The lowest BCUT2D eigenvalue weighted by molar-refractivity contribution is -0.384. The first kappa shape index (κ1) is 22.6. The number of carbonyl (C=O) groups is 2. The maximum Gasteiger partial charge on any atom is 0.270 e. The lowest BCUT2D eigenvalue weighted by Gasteiger charge is -2.24. The number of non-ortho nitro benzene ring substituents is 1. The van der Waals surface area contributed by atoms with Crippen LogP contribution >= 0.6 is 23.2 Å². The lowest BCUT2D eigenvalue weighted by atomic mass is 10.0. The second-order valence-electron chi connectivity index (χ2n) is 6.90. The molecule has 0 saturated heterocycles. The summed E-state index contributed by atoms with van der Waals surface area (Å²) in [5.41, 5.74) is 0.664. The maximum absolute atomic E-state index is 12.8. The first-order valence-electron chi connectivity index (χ1n) is 8.90. The Morgan fingerprint density at radius 1 is 1.03 bits per heavy atom. The monoisotopic (exact) mass is 437 g/mol. The third-order valence-electron chi connectivity index (χ3n) is 4.35. The molecule has 7 nitrogen and oxygen atoms in total. The van der Waals surface area contributed by atoms with Crippen molar-refractivity contribution in [1.82, 2.24) is 10.6 Å². The predicted octanol–water partition coefficient (Wildman–Crippen LogP) is 4.53. The number of benzene rings is 2. The maximum atomic E-state index is 12.8. The number of hydrogen-bond donors (Lipinski definition) is 2. The highest BCUT2D eigenvalue weighted by atomic mass is 35.5. The summed E-state index contributed by atoms with van der Waals surface area (Å²) in [6.07, 6.45) is 0. The molecule has 2 aromatic carbocycles. The summed E-state index contributed by atoms with van der Waals surface area (Å²) in [5, 5.41) is 16.8. The topological polar surface area (TPSA) is 101 Å². The van der Waals surface area contributed by atoms with E-state index in [4.69, 9.17) is 23.2 Å². The third-order valence-corrected chi connectivity index (χ3v) is 4.90. The van der Waals surface area contributed by atoms with Gasteiger partial charge in [-0.1, -0.05) is 49.2 Å². The number of nitro benzene ring substituents is 1. The van der Waals surface area contributed by atoms with E-state index in [0.717, 1.165) is 11.6 Å². The number of amides is 2. The van der Waals surface area contributed by atoms with Gasteiger partial charge in [-0.15, -0.1) is 0 Å². The van der Waals surface area contributed by atoms with E-state index < -0.39 is 16.9 Å². The van der Waals surface area contributed by atoms with Gasteiger partial charge in [0.05, 0.1) is 21.6 Å². The molecule has 2 N–H and O–H groups in total. The van der Waals surface area contributed by atoms with Crippen molar-refractivity contribution in [3.63, 3.8) is 0 Å². The highest BCUT2D eigenvalue weighted by Crippen LogP contribution is 2.23. The van der Waals surface area contributed by atoms with Gasteiger partial charge in [-0.25, -0.2) is 0 Å². The predicted molar refractivity (Wildman–Crippen MR) is 112 cm³/mol. The van der Waals surface area contributed by atoms with Crippen LogP contribution in [-0.2, 0) is 4.79 Å². The molecule has 0 saturated carbocycles. The molecule has 2 aromatic rings. The standard InChI is InChI=1S/C20H21Cl2N3O4/c1-11(2)18(20(27)23-12(3)13-5-4-6-14(21)9-13)24-19(26)16-8-7-15(25(28)29)10-17(16)22/h4-12,18H,1-3H3,(H,23,27)(H,24,26)/t12?,18-/m0/s1. The molecule has 2 atom stereocenters. The van der Waals surface area contributed by atoms with E-state index in [1.807, 2.05) is 13.0 Å². The van der Waals surface area contributed by atoms with Gasteiger partial charge >= 0.3 is 0 Å². The van der Waals surface area contributed by atoms with Crippen LogP contribution in [0.1, 0.15) is 42.7 Å². The average molecular weight is 438 g/mol. The molecule has 0 aliphatic rings. The lowest BCUT2D eigenvalue weighted by Crippen LogP contribution is -2.50. The van der Waals surface area contributed by atoms with Crippen molar-refractivity contribution in [1.29, 1.82) is 0 Å². The van der Waals surface area contributed by atoms with Crippen LogP contribution in [0.15, 0.2) is 42.5 Å². The van der Waals surface area contributed by atoms with E-state index in [9.17, 15) is 19.7 Å². The number of rotatable bonds is 7. The van der Waals surface area contributed by atoms with Crippen molar-refractivity contribution in [3.05, 3.63) is 73.8 Å². The van der Waals surface area contributed by atoms with E-state index in [1.165, 1.54) is 12.1 Å². The Kier molecular flexibility index (Phi) is 7.59. The Hall–Kier alpha value is -2.64. The summed E-state index contributed by atoms with van der Waals surface area (Å²) < 4.78 is 0. The molecule has 0 heterocycles. The number of carbonyl (C=O) groups excluding carboxylic acids is 2. The van der Waals surface area contributed by atoms with E-state index in [-0.39, 0.29) is 34.1 Å². The molecule has 0 bridgehead atoms. The molecule has 1 unspecified atom stereocenters. The van der Waals surface area contributed by atoms with Gasteiger partial charge in [0.2, 0.25) is 5.91 Å². The fourth-order valence-electron chi connectivity index (χ4n) is 2.72. The van der Waals surface area contributed by atoms with Crippen LogP contribution in [0.3, 0.4) is 0 Å². The van der Waals surface area contributed by atoms with Crippen LogP contribution in [0.4, 0.5) is 5.69 Å². The molecule has 0 aromatic heterocycles. The number of nitrogens with zero attached hydrogens (tertiary/aromatic N) is 1. The van der Waals surface area contributed by atoms with Crippen LogP contribution in [0.2, 0.25) is 10.0 Å². The summed E-state index contributed by atoms with van der Waals surface area (Å²) in [7, 11) is 0. The second kappa shape index (κ2) is 9.71. The van der Waals surface area contributed by atoms with E-state index in [1.54, 1.807) is 32.0 Å². The molecule has 0 spiro atoms. The molecule has 9 heteroatoms. The van der Waals surface area contributed by atoms with Crippen molar-refractivity contribution < 1.29 is 14.5 Å². The van der Waals surface area contributed by atoms with E-state index in [2.05, 4.69) is 10.6 Å². The summed E-state index contributed by atoms with van der Waals surface area (Å²) in [6, 6.07) is 9.54. The SMILES string of the molecule is CC(NC(=O)[C@@H](NC(=O)c1ccc([N+](=O)[O-])cc1Cl)C(C)C)c1cccc(Cl)c1. The second-order valence-corrected chi connectivity index (χ2v) is 7.75. The largest absolute Gasteiger partial charge is 0.348 e. The van der Waals surface area contributed by atoms with Crippen LogP contribution in [0.25, 0.3) is 0 Å². The zero-order valence-corrected chi connectivity index (χ0v) is 17.6. The Morgan fingerprint density at radius 2 is 1.72 bits per heavy atom. The van der Waals surface area contributed by atoms with Crippen molar-refractivity contribution in [2.24, 2.45) is 5.92 Å². The zero-order valence-electron chi connectivity index (χ0n) is 16.1. The Balaban J connectivity index is 2.14. The molecule has 0 radical (unpaired) electrons. The van der Waals surface area contributed by atoms with Gasteiger partial charge in [0, 0.05) is 17.2 Å². The zero-order chi connectivity index (χ0) is 21.7. The normalized spacial score (nSPS) is 12.9. The van der Waals surface area contributed by atoms with Crippen LogP contribution < -0.4 is 10.6 Å². The molecular weight excluding hydrogens is 417 g/mol. The minimum Gasteiger partial charge on any atom is -0.348 e. The molecule has 2 amide bonds. The molecule has 0 fully saturated rings. The Labute approximate surface area is 178 Å². The van der Waals surface area contributed by atoms with Gasteiger partial charge < -0.3 is 10.6 Å². The van der Waals surface area contributed by atoms with Gasteiger partial charge in [0.25, 0.3) is 11.6 Å². The molecule has 154 valence electrons. The number of halogens is 2. The summed E-state index contributed by atoms with van der Waals surface area (Å²) >= 11 is 12.0. The molecule has 2 rings (SSSR count). The summed E-state index contributed by atoms with van der Waals surface area (Å²) in [6.45, 7) is 5.41. The van der Waals surface area contributed by atoms with Crippen LogP contribution in [0, 0.1) is 16.0 Å². The van der Waals surface area contributed by atoms with Crippen molar-refractivity contribution >= 4 is 40.7 Å². The molecule has 0 aliphatic heterocycles.